The molecule has 0 rings (SSSR count). The van der Waals surface area contributed by atoms with Crippen molar-refractivity contribution >= 4 is 0 Å². The first-order valence-corrected chi connectivity index (χ1v) is 4.52. The molecule has 0 N–H and O–H groups in total. The Bertz CT molecular complexity index is 372. The third-order valence-electron chi connectivity index (χ3n) is 2.57. The lowest BCUT2D eigenvalue weighted by molar-refractivity contribution is -0.518. The van der Waals surface area contributed by atoms with Crippen molar-refractivity contribution < 1.29 is 70.2 Å². The summed E-state index contributed by atoms with van der Waals surface area (Å²) in [5.74, 6) is 0. The van der Waals surface area contributed by atoms with Crippen LogP contribution < -0.4 is 0 Å². The molecule has 0 amide bonds. The maximum atomic E-state index is 13.2. The summed E-state index contributed by atoms with van der Waals surface area (Å²) in [5, 5.41) is 0. The topological polar surface area (TPSA) is 0 Å². The summed E-state index contributed by atoms with van der Waals surface area (Å²) < 4.78 is 196. The van der Waals surface area contributed by atoms with Gasteiger partial charge >= 0.3 is 42.0 Å². The van der Waals surface area contributed by atoms with Crippen LogP contribution in [-0.4, -0.2) is 36.6 Å². The first-order valence-electron chi connectivity index (χ1n) is 4.52. The van der Waals surface area contributed by atoms with E-state index in [1.165, 1.54) is 0 Å². The van der Waals surface area contributed by atoms with Crippen LogP contribution in [0.15, 0.2) is 0 Å². The van der Waals surface area contributed by atoms with Crippen molar-refractivity contribution in [1.29, 1.82) is 0 Å². The Morgan fingerprint density at radius 2 is 0.435 bits per heavy atom. The molecule has 0 fully saturated rings. The van der Waals surface area contributed by atoms with Gasteiger partial charge in [-0.05, 0) is 0 Å². The highest BCUT2D eigenvalue weighted by Crippen LogP contribution is 2.72. The highest BCUT2D eigenvalue weighted by Gasteiger charge is 3.02. The summed E-state index contributed by atoms with van der Waals surface area (Å²) in [5.41, 5.74) is -17.5. The van der Waals surface area contributed by atoms with E-state index in [1.807, 2.05) is 0 Å². The van der Waals surface area contributed by atoms with Gasteiger partial charge < -0.3 is 0 Å². The van der Waals surface area contributed by atoms with Crippen LogP contribution in [0.5, 0.6) is 0 Å². The van der Waals surface area contributed by atoms with Gasteiger partial charge in [0.05, 0.1) is 0 Å². The largest absolute Gasteiger partial charge is 0.433 e. The molecular formula is C7F16. The van der Waals surface area contributed by atoms with E-state index in [0.29, 0.717) is 0 Å². The quantitative estimate of drug-likeness (QED) is 0.521. The zero-order chi connectivity index (χ0) is 19.5. The summed E-state index contributed by atoms with van der Waals surface area (Å²) in [4.78, 5) is 0. The van der Waals surface area contributed by atoms with Crippen molar-refractivity contribution in [3.8, 4) is 0 Å². The average molecular weight is 388 g/mol. The molecular weight excluding hydrogens is 388 g/mol. The van der Waals surface area contributed by atoms with Gasteiger partial charge in [0.1, 0.15) is 0 Å². The third kappa shape index (κ3) is 2.66. The van der Waals surface area contributed by atoms with E-state index < -0.39 is 42.0 Å². The summed E-state index contributed by atoms with van der Waals surface area (Å²) in [7, 11) is 0. The van der Waals surface area contributed by atoms with E-state index in [1.54, 1.807) is 0 Å². The minimum absolute atomic E-state index is 8.26. The van der Waals surface area contributed by atoms with Gasteiger partial charge in [-0.3, -0.25) is 0 Å². The van der Waals surface area contributed by atoms with Gasteiger partial charge in [0, 0.05) is 0 Å². The van der Waals surface area contributed by atoms with Gasteiger partial charge in [-0.25, -0.2) is 4.39 Å². The molecule has 0 saturated heterocycles. The molecule has 0 aromatic heterocycles. The highest BCUT2D eigenvalue weighted by atomic mass is 19.4. The Labute approximate surface area is 114 Å². The molecule has 0 aliphatic carbocycles. The SMILES string of the molecule is FC(F)(F)C(F)(C(F)(F)F)C(C(F)(F)F)(C(F)(F)F)C(F)(F)F. The van der Waals surface area contributed by atoms with Gasteiger partial charge in [0.25, 0.3) is 0 Å². The van der Waals surface area contributed by atoms with Crippen LogP contribution in [-0.2, 0) is 0 Å². The lowest BCUT2D eigenvalue weighted by atomic mass is 9.69. The smallest absolute Gasteiger partial charge is 0.222 e. The second kappa shape index (κ2) is 4.94. The summed E-state index contributed by atoms with van der Waals surface area (Å²) in [6.07, 6.45) is -41.7. The zero-order valence-electron chi connectivity index (χ0n) is 9.55. The van der Waals surface area contributed by atoms with Gasteiger partial charge in [0.15, 0.2) is 0 Å². The molecule has 16 heteroatoms. The maximum Gasteiger partial charge on any atom is 0.433 e. The minimum Gasteiger partial charge on any atom is -0.222 e. The minimum atomic E-state index is -8.78. The first kappa shape index (κ1) is 21.9. The van der Waals surface area contributed by atoms with Crippen molar-refractivity contribution in [2.24, 2.45) is 5.41 Å². The molecule has 0 atom stereocenters. The third-order valence-corrected chi connectivity index (χ3v) is 2.57. The Balaban J connectivity index is 7.46. The molecule has 0 saturated carbocycles. The molecule has 0 spiro atoms. The van der Waals surface area contributed by atoms with Crippen LogP contribution in [0.4, 0.5) is 70.2 Å². The van der Waals surface area contributed by atoms with Gasteiger partial charge in [-0.15, -0.1) is 0 Å². The number of alkyl halides is 16. The van der Waals surface area contributed by atoms with Crippen LogP contribution in [0.2, 0.25) is 0 Å². The molecule has 0 nitrogen and oxygen atoms in total. The summed E-state index contributed by atoms with van der Waals surface area (Å²) in [6.45, 7) is 0. The molecule has 0 aromatic carbocycles. The van der Waals surface area contributed by atoms with Gasteiger partial charge in [-0.1, -0.05) is 0 Å². The normalized spacial score (nSPS) is 16.7. The van der Waals surface area contributed by atoms with Crippen molar-refractivity contribution in [3.63, 3.8) is 0 Å². The van der Waals surface area contributed by atoms with Crippen molar-refractivity contribution in [2.45, 2.75) is 36.6 Å². The molecule has 0 bridgehead atoms. The van der Waals surface area contributed by atoms with Crippen molar-refractivity contribution in [2.75, 3.05) is 0 Å². The lowest BCUT2D eigenvalue weighted by Crippen LogP contribution is -2.78. The molecule has 0 unspecified atom stereocenters. The fourth-order valence-electron chi connectivity index (χ4n) is 1.65. The van der Waals surface area contributed by atoms with Crippen LogP contribution in [0.3, 0.4) is 0 Å². The second-order valence-corrected chi connectivity index (χ2v) is 3.90. The average Bonchev–Trinajstić information content (AvgIpc) is 2.05. The summed E-state index contributed by atoms with van der Waals surface area (Å²) in [6, 6.07) is 0. The lowest BCUT2D eigenvalue weighted by Gasteiger charge is -2.47. The van der Waals surface area contributed by atoms with Crippen molar-refractivity contribution in [3.05, 3.63) is 0 Å². The Morgan fingerprint density at radius 3 is 0.478 bits per heavy atom. The fraction of sp³-hybridized carbons (Fsp3) is 1.00. The molecule has 140 valence electrons. The monoisotopic (exact) mass is 388 g/mol. The van der Waals surface area contributed by atoms with Gasteiger partial charge in [-0.2, -0.15) is 65.9 Å². The van der Waals surface area contributed by atoms with E-state index in [4.69, 9.17) is 0 Å². The molecule has 0 aliphatic heterocycles. The predicted molar refractivity (Wildman–Crippen MR) is 36.5 cm³/mol. The molecule has 0 radical (unpaired) electrons. The Hall–Kier alpha value is -1.12. The number of hydrogen-bond acceptors (Lipinski definition) is 0. The van der Waals surface area contributed by atoms with Gasteiger partial charge in [0.2, 0.25) is 0 Å². The Morgan fingerprint density at radius 1 is 0.261 bits per heavy atom. The maximum absolute atomic E-state index is 13.2. The zero-order valence-corrected chi connectivity index (χ0v) is 9.55. The molecule has 0 aromatic rings. The standard InChI is InChI=1S/C7F16/c8-2(6(18,19)20,7(21,22)23)1(3(9,10)11,4(12,13)14)5(15,16)17. The van der Waals surface area contributed by atoms with Crippen LogP contribution in [0, 0.1) is 5.41 Å². The number of halogens is 16. The van der Waals surface area contributed by atoms with E-state index in [2.05, 4.69) is 0 Å². The predicted octanol–water partition coefficient (Wildman–Crippen LogP) is 5.49. The van der Waals surface area contributed by atoms with E-state index >= 15 is 0 Å². The Kier molecular flexibility index (Phi) is 4.70. The van der Waals surface area contributed by atoms with Crippen LogP contribution in [0.25, 0.3) is 0 Å². The fourth-order valence-corrected chi connectivity index (χ4v) is 1.65. The molecule has 0 aliphatic rings. The van der Waals surface area contributed by atoms with Crippen molar-refractivity contribution in [1.82, 2.24) is 0 Å². The molecule has 0 heterocycles. The van der Waals surface area contributed by atoms with Crippen LogP contribution in [0.1, 0.15) is 0 Å². The number of rotatable bonds is 1. The molecule has 23 heavy (non-hydrogen) atoms. The van der Waals surface area contributed by atoms with E-state index in [-0.39, 0.29) is 0 Å². The summed E-state index contributed by atoms with van der Waals surface area (Å²) >= 11 is 0. The highest BCUT2D eigenvalue weighted by molar-refractivity contribution is 5.18. The number of hydrogen-bond donors (Lipinski definition) is 0. The second-order valence-electron chi connectivity index (χ2n) is 3.90. The van der Waals surface area contributed by atoms with Crippen LogP contribution >= 0.6 is 0 Å². The van der Waals surface area contributed by atoms with E-state index in [0.717, 1.165) is 0 Å². The first-order chi connectivity index (χ1) is 9.50. The van der Waals surface area contributed by atoms with E-state index in [9.17, 15) is 70.2 Å².